The number of hydrogen-bond donors (Lipinski definition) is 2. The summed E-state index contributed by atoms with van der Waals surface area (Å²) in [7, 11) is 0. The minimum Gasteiger partial charge on any atom is -0.323 e. The Hall–Kier alpha value is -2.58. The third-order valence-electron chi connectivity index (χ3n) is 6.01. The van der Waals surface area contributed by atoms with Gasteiger partial charge in [0.05, 0.1) is 22.8 Å². The molecule has 2 aliphatic rings. The Morgan fingerprint density at radius 2 is 2.00 bits per heavy atom. The van der Waals surface area contributed by atoms with Crippen LogP contribution in [0.25, 0.3) is 0 Å². The third kappa shape index (κ3) is 4.27. The lowest BCUT2D eigenvalue weighted by molar-refractivity contribution is -0.135. The molecule has 1 aliphatic carbocycles. The number of imide groups is 1. The van der Waals surface area contributed by atoms with E-state index >= 15 is 0 Å². The summed E-state index contributed by atoms with van der Waals surface area (Å²) in [4.78, 5) is 39.0. The Morgan fingerprint density at radius 1 is 1.26 bits per heavy atom. The predicted molar refractivity (Wildman–Crippen MR) is 117 cm³/mol. The first kappa shape index (κ1) is 21.6. The van der Waals surface area contributed by atoms with Gasteiger partial charge in [0.1, 0.15) is 17.9 Å². The summed E-state index contributed by atoms with van der Waals surface area (Å²) in [6, 6.07) is 6.40. The van der Waals surface area contributed by atoms with Crippen molar-refractivity contribution in [3.05, 3.63) is 46.1 Å². The van der Waals surface area contributed by atoms with Crippen LogP contribution in [0, 0.1) is 5.92 Å². The number of anilines is 1. The van der Waals surface area contributed by atoms with Crippen molar-refractivity contribution < 1.29 is 14.4 Å². The van der Waals surface area contributed by atoms with E-state index in [0.29, 0.717) is 41.2 Å². The first-order valence-corrected chi connectivity index (χ1v) is 10.9. The number of nitrogens with zero attached hydrogens (tertiary/aromatic N) is 3. The summed E-state index contributed by atoms with van der Waals surface area (Å²) in [5.41, 5.74) is -0.120. The fraction of sp³-hybridized carbons (Fsp3) is 0.429. The Bertz CT molecular complexity index is 1030. The molecule has 2 fully saturated rings. The number of benzene rings is 1. The number of hydrogen-bond acceptors (Lipinski definition) is 4. The smallest absolute Gasteiger partial charge is 0.323 e. The number of amides is 4. The number of carbonyl (C=O) groups is 3. The first-order valence-electron chi connectivity index (χ1n) is 10.2. The van der Waals surface area contributed by atoms with Crippen molar-refractivity contribution in [2.45, 2.75) is 44.7 Å². The van der Waals surface area contributed by atoms with E-state index in [1.165, 1.54) is 0 Å². The van der Waals surface area contributed by atoms with Gasteiger partial charge < -0.3 is 10.6 Å². The molecule has 4 amide bonds. The molecule has 10 heteroatoms. The standard InChI is InChI=1S/C21H23Cl2N5O3/c1-13-5-8-21(9-6-13)19(30)27(20(31)26-21)12-17(29)25-16-7-10-24-28(16)11-14-3-2-4-15(22)18(14)23/h2-4,7,10,13H,5-6,8-9,11-12H2,1H3,(H,25,29)(H,26,31). The van der Waals surface area contributed by atoms with Gasteiger partial charge in [0.25, 0.3) is 5.91 Å². The molecule has 1 spiro atoms. The lowest BCUT2D eigenvalue weighted by atomic mass is 9.77. The fourth-order valence-electron chi connectivity index (χ4n) is 4.14. The molecule has 2 N–H and O–H groups in total. The fourth-order valence-corrected chi connectivity index (χ4v) is 4.52. The van der Waals surface area contributed by atoms with Gasteiger partial charge in [-0.1, -0.05) is 42.3 Å². The Balaban J connectivity index is 1.42. The molecule has 1 aromatic heterocycles. The molecule has 2 aromatic rings. The highest BCUT2D eigenvalue weighted by Gasteiger charge is 2.52. The Morgan fingerprint density at radius 3 is 2.74 bits per heavy atom. The predicted octanol–water partition coefficient (Wildman–Crippen LogP) is 3.68. The summed E-state index contributed by atoms with van der Waals surface area (Å²) >= 11 is 12.3. The molecule has 1 aliphatic heterocycles. The van der Waals surface area contributed by atoms with Crippen LogP contribution in [0.15, 0.2) is 30.5 Å². The van der Waals surface area contributed by atoms with Crippen molar-refractivity contribution in [1.82, 2.24) is 20.0 Å². The molecule has 8 nitrogen and oxygen atoms in total. The maximum absolute atomic E-state index is 12.9. The minimum atomic E-state index is -0.866. The second-order valence-corrected chi connectivity index (χ2v) is 9.01. The maximum Gasteiger partial charge on any atom is 0.325 e. The van der Waals surface area contributed by atoms with Gasteiger partial charge in [0, 0.05) is 6.07 Å². The van der Waals surface area contributed by atoms with Crippen LogP contribution >= 0.6 is 23.2 Å². The molecule has 4 rings (SSSR count). The van der Waals surface area contributed by atoms with E-state index in [-0.39, 0.29) is 12.5 Å². The molecule has 164 valence electrons. The lowest BCUT2D eigenvalue weighted by Gasteiger charge is -2.33. The lowest BCUT2D eigenvalue weighted by Crippen LogP contribution is -2.49. The molecular formula is C21H23Cl2N5O3. The van der Waals surface area contributed by atoms with E-state index in [1.54, 1.807) is 29.1 Å². The van der Waals surface area contributed by atoms with E-state index in [2.05, 4.69) is 22.7 Å². The molecule has 1 aromatic carbocycles. The highest BCUT2D eigenvalue weighted by Crippen LogP contribution is 2.36. The number of aromatic nitrogens is 2. The van der Waals surface area contributed by atoms with Crippen LogP contribution in [-0.4, -0.2) is 44.6 Å². The van der Waals surface area contributed by atoms with Crippen molar-refractivity contribution in [2.75, 3.05) is 11.9 Å². The van der Waals surface area contributed by atoms with Gasteiger partial charge in [0.2, 0.25) is 5.91 Å². The zero-order valence-electron chi connectivity index (χ0n) is 17.0. The number of nitrogens with one attached hydrogen (secondary N) is 2. The van der Waals surface area contributed by atoms with E-state index in [1.807, 2.05) is 6.07 Å². The van der Waals surface area contributed by atoms with E-state index in [9.17, 15) is 14.4 Å². The first-order chi connectivity index (χ1) is 14.8. The van der Waals surface area contributed by atoms with E-state index in [4.69, 9.17) is 23.2 Å². The number of carbonyl (C=O) groups excluding carboxylic acids is 3. The molecule has 1 saturated heterocycles. The SMILES string of the molecule is CC1CCC2(CC1)NC(=O)N(CC(=O)Nc1ccnn1Cc1cccc(Cl)c1Cl)C2=O. The highest BCUT2D eigenvalue weighted by molar-refractivity contribution is 6.42. The third-order valence-corrected chi connectivity index (χ3v) is 6.87. The van der Waals surface area contributed by atoms with E-state index in [0.717, 1.165) is 23.3 Å². The quantitative estimate of drug-likeness (QED) is 0.660. The second kappa shape index (κ2) is 8.51. The minimum absolute atomic E-state index is 0.298. The molecule has 0 radical (unpaired) electrons. The zero-order chi connectivity index (χ0) is 22.2. The monoisotopic (exact) mass is 463 g/mol. The molecule has 2 heterocycles. The summed E-state index contributed by atoms with van der Waals surface area (Å²) in [6.45, 7) is 2.08. The summed E-state index contributed by atoms with van der Waals surface area (Å²) < 4.78 is 1.56. The van der Waals surface area contributed by atoms with Gasteiger partial charge >= 0.3 is 6.03 Å². The second-order valence-electron chi connectivity index (χ2n) is 8.22. The van der Waals surface area contributed by atoms with Crippen molar-refractivity contribution in [1.29, 1.82) is 0 Å². The van der Waals surface area contributed by atoms with Gasteiger partial charge in [-0.25, -0.2) is 9.48 Å². The summed E-state index contributed by atoms with van der Waals surface area (Å²) in [6.07, 6.45) is 4.49. The van der Waals surface area contributed by atoms with Crippen LogP contribution in [0.1, 0.15) is 38.2 Å². The van der Waals surface area contributed by atoms with Crippen LogP contribution in [0.4, 0.5) is 10.6 Å². The largest absolute Gasteiger partial charge is 0.325 e. The average molecular weight is 464 g/mol. The van der Waals surface area contributed by atoms with Gasteiger partial charge in [-0.3, -0.25) is 14.5 Å². The molecule has 0 unspecified atom stereocenters. The Labute approximate surface area is 189 Å². The highest BCUT2D eigenvalue weighted by atomic mass is 35.5. The van der Waals surface area contributed by atoms with Crippen molar-refractivity contribution in [3.8, 4) is 0 Å². The van der Waals surface area contributed by atoms with Crippen LogP contribution in [-0.2, 0) is 16.1 Å². The summed E-state index contributed by atoms with van der Waals surface area (Å²) in [5.74, 6) is 0.151. The number of urea groups is 1. The van der Waals surface area contributed by atoms with Crippen LogP contribution in [0.2, 0.25) is 10.0 Å². The summed E-state index contributed by atoms with van der Waals surface area (Å²) in [5, 5.41) is 10.6. The number of halogens is 2. The molecule has 0 bridgehead atoms. The van der Waals surface area contributed by atoms with Crippen LogP contribution < -0.4 is 10.6 Å². The topological polar surface area (TPSA) is 96.3 Å². The van der Waals surface area contributed by atoms with Gasteiger partial charge in [-0.2, -0.15) is 5.10 Å². The van der Waals surface area contributed by atoms with E-state index < -0.39 is 17.5 Å². The molecule has 1 saturated carbocycles. The molecular weight excluding hydrogens is 441 g/mol. The van der Waals surface area contributed by atoms with Gasteiger partial charge in [-0.15, -0.1) is 0 Å². The average Bonchev–Trinajstić information content (AvgIpc) is 3.25. The van der Waals surface area contributed by atoms with Gasteiger partial charge in [0.15, 0.2) is 0 Å². The molecule has 31 heavy (non-hydrogen) atoms. The Kier molecular flexibility index (Phi) is 5.94. The van der Waals surface area contributed by atoms with Crippen molar-refractivity contribution >= 4 is 46.9 Å². The van der Waals surface area contributed by atoms with Crippen molar-refractivity contribution in [3.63, 3.8) is 0 Å². The van der Waals surface area contributed by atoms with Crippen LogP contribution in [0.5, 0.6) is 0 Å². The number of rotatable bonds is 5. The van der Waals surface area contributed by atoms with Crippen molar-refractivity contribution in [2.24, 2.45) is 5.92 Å². The van der Waals surface area contributed by atoms with Gasteiger partial charge in [-0.05, 0) is 43.2 Å². The normalized spacial score (nSPS) is 23.3. The maximum atomic E-state index is 12.9. The van der Waals surface area contributed by atoms with Crippen LogP contribution in [0.3, 0.4) is 0 Å². The molecule has 0 atom stereocenters. The zero-order valence-corrected chi connectivity index (χ0v) is 18.5.